The van der Waals surface area contributed by atoms with E-state index in [0.717, 1.165) is 0 Å². The van der Waals surface area contributed by atoms with E-state index in [1.807, 2.05) is 0 Å². The van der Waals surface area contributed by atoms with E-state index in [1.54, 1.807) is 16.7 Å². The molecule has 162 valence electrons. The van der Waals surface area contributed by atoms with Crippen LogP contribution >= 0.6 is 11.6 Å². The van der Waals surface area contributed by atoms with Gasteiger partial charge >= 0.3 is 0 Å². The fourth-order valence-corrected chi connectivity index (χ4v) is 5.02. The molecular formula is C20H20ClFN6O3. The second-order valence-electron chi connectivity index (χ2n) is 8.00. The van der Waals surface area contributed by atoms with E-state index in [2.05, 4.69) is 25.6 Å². The highest BCUT2D eigenvalue weighted by molar-refractivity contribution is 6.28. The number of benzene rings is 1. The highest BCUT2D eigenvalue weighted by Gasteiger charge is 2.75. The number of aromatic nitrogens is 4. The van der Waals surface area contributed by atoms with Gasteiger partial charge in [0.1, 0.15) is 11.9 Å². The van der Waals surface area contributed by atoms with Crippen LogP contribution in [0.4, 0.5) is 10.2 Å². The molecule has 5 rings (SSSR count). The molecule has 0 unspecified atom stereocenters. The highest BCUT2D eigenvalue weighted by atomic mass is 35.5. The van der Waals surface area contributed by atoms with Crippen molar-refractivity contribution in [2.75, 3.05) is 12.4 Å². The van der Waals surface area contributed by atoms with Crippen molar-refractivity contribution >= 4 is 34.5 Å². The van der Waals surface area contributed by atoms with E-state index in [9.17, 15) is 19.4 Å². The summed E-state index contributed by atoms with van der Waals surface area (Å²) in [5.74, 6) is -0.528. The Kier molecular flexibility index (Phi) is 4.61. The van der Waals surface area contributed by atoms with E-state index in [0.29, 0.717) is 35.5 Å². The van der Waals surface area contributed by atoms with Crippen LogP contribution in [0.25, 0.3) is 11.2 Å². The van der Waals surface area contributed by atoms with Gasteiger partial charge < -0.3 is 25.4 Å². The minimum absolute atomic E-state index is 0.0302. The lowest BCUT2D eigenvalue weighted by Gasteiger charge is -2.23. The second kappa shape index (κ2) is 7.11. The lowest BCUT2D eigenvalue weighted by molar-refractivity contribution is -0.132. The first-order valence-corrected chi connectivity index (χ1v) is 10.2. The fraction of sp³-hybridized carbons (Fsp3) is 0.400. The Bertz CT molecular complexity index is 1190. The molecular weight excluding hydrogens is 427 g/mol. The standard InChI is InChI=1S/C20H20ClFN6O3/c1-23-18(31)20-6-11(20)13(14(29)15(20)30)28-8-25-12-16(26-19(21)27-17(12)28)24-7-9-3-2-4-10(22)5-9/h2-5,8,11,13-15,29-30H,6-7H2,1H3,(H,23,31)(H,24,26,27)/t11-,13-,14+,15+,20+/m1/s1. The van der Waals surface area contributed by atoms with E-state index >= 15 is 0 Å². The number of imidazole rings is 1. The molecule has 9 nitrogen and oxygen atoms in total. The number of nitrogens with zero attached hydrogens (tertiary/aromatic N) is 4. The van der Waals surface area contributed by atoms with Gasteiger partial charge in [-0.05, 0) is 35.7 Å². The van der Waals surface area contributed by atoms with Crippen molar-refractivity contribution in [1.29, 1.82) is 0 Å². The summed E-state index contributed by atoms with van der Waals surface area (Å²) >= 11 is 6.14. The maximum atomic E-state index is 13.4. The minimum Gasteiger partial charge on any atom is -0.389 e. The molecule has 2 aromatic heterocycles. The van der Waals surface area contributed by atoms with Gasteiger partial charge in [0.2, 0.25) is 11.2 Å². The summed E-state index contributed by atoms with van der Waals surface area (Å²) in [7, 11) is 1.51. The Labute approximate surface area is 181 Å². The third kappa shape index (κ3) is 2.97. The monoisotopic (exact) mass is 446 g/mol. The number of fused-ring (bicyclic) bond motifs is 2. The lowest BCUT2D eigenvalue weighted by atomic mass is 9.98. The zero-order valence-electron chi connectivity index (χ0n) is 16.5. The average molecular weight is 447 g/mol. The molecule has 2 aliphatic rings. The molecule has 2 aliphatic carbocycles. The maximum absolute atomic E-state index is 13.4. The third-order valence-electron chi connectivity index (χ3n) is 6.39. The summed E-state index contributed by atoms with van der Waals surface area (Å²) in [5, 5.41) is 27.0. The maximum Gasteiger partial charge on any atom is 0.229 e. The van der Waals surface area contributed by atoms with Crippen LogP contribution in [-0.4, -0.2) is 54.9 Å². The number of carbonyl (C=O) groups is 1. The first-order valence-electron chi connectivity index (χ1n) is 9.83. The van der Waals surface area contributed by atoms with E-state index in [4.69, 9.17) is 11.6 Å². The average Bonchev–Trinajstić information content (AvgIpc) is 3.29. The summed E-state index contributed by atoms with van der Waals surface area (Å²) in [5.41, 5.74) is 0.494. The number of halogens is 2. The summed E-state index contributed by atoms with van der Waals surface area (Å²) in [4.78, 5) is 25.2. The number of hydrogen-bond donors (Lipinski definition) is 4. The van der Waals surface area contributed by atoms with Crippen molar-refractivity contribution in [2.24, 2.45) is 11.3 Å². The highest BCUT2D eigenvalue weighted by Crippen LogP contribution is 2.67. The number of aliphatic hydroxyl groups is 2. The molecule has 0 bridgehead atoms. The number of carbonyl (C=O) groups excluding carboxylic acids is 1. The van der Waals surface area contributed by atoms with Crippen molar-refractivity contribution in [3.8, 4) is 0 Å². The number of anilines is 1. The molecule has 0 saturated heterocycles. The summed E-state index contributed by atoms with van der Waals surface area (Å²) in [6.45, 7) is 0.292. The smallest absolute Gasteiger partial charge is 0.229 e. The van der Waals surface area contributed by atoms with Gasteiger partial charge in [0.25, 0.3) is 0 Å². The van der Waals surface area contributed by atoms with Crippen LogP contribution in [0, 0.1) is 17.2 Å². The van der Waals surface area contributed by atoms with E-state index in [-0.39, 0.29) is 22.9 Å². The SMILES string of the molecule is CNC(=O)[C@@]12C[C@@H]1[C@@H](n1cnc3c(NCc4cccc(F)c4)nc(Cl)nc31)[C@H](O)[C@@H]2O. The van der Waals surface area contributed by atoms with Crippen molar-refractivity contribution in [1.82, 2.24) is 24.8 Å². The molecule has 2 saturated carbocycles. The van der Waals surface area contributed by atoms with Gasteiger partial charge in [-0.2, -0.15) is 9.97 Å². The van der Waals surface area contributed by atoms with Crippen LogP contribution in [0.5, 0.6) is 0 Å². The minimum atomic E-state index is -1.19. The summed E-state index contributed by atoms with van der Waals surface area (Å²) < 4.78 is 15.1. The zero-order valence-corrected chi connectivity index (χ0v) is 17.2. The molecule has 2 fully saturated rings. The van der Waals surface area contributed by atoms with Crippen molar-refractivity contribution in [3.05, 3.63) is 47.3 Å². The van der Waals surface area contributed by atoms with Crippen LogP contribution in [0.3, 0.4) is 0 Å². The molecule has 2 heterocycles. The molecule has 11 heteroatoms. The number of nitrogens with one attached hydrogen (secondary N) is 2. The molecule has 5 atom stereocenters. The van der Waals surface area contributed by atoms with Crippen LogP contribution in [-0.2, 0) is 11.3 Å². The predicted octanol–water partition coefficient (Wildman–Crippen LogP) is 1.26. The van der Waals surface area contributed by atoms with Crippen molar-refractivity contribution < 1.29 is 19.4 Å². The molecule has 0 aliphatic heterocycles. The largest absolute Gasteiger partial charge is 0.389 e. The van der Waals surface area contributed by atoms with Crippen LogP contribution in [0.15, 0.2) is 30.6 Å². The Morgan fingerprint density at radius 2 is 2.19 bits per heavy atom. The lowest BCUT2D eigenvalue weighted by Crippen LogP contribution is -2.41. The Morgan fingerprint density at radius 3 is 2.94 bits per heavy atom. The molecule has 1 amide bonds. The molecule has 3 aromatic rings. The van der Waals surface area contributed by atoms with Crippen molar-refractivity contribution in [3.63, 3.8) is 0 Å². The molecule has 1 aromatic carbocycles. The Balaban J connectivity index is 1.49. The summed E-state index contributed by atoms with van der Waals surface area (Å²) in [6.07, 6.45) is -0.394. The second-order valence-corrected chi connectivity index (χ2v) is 8.34. The molecule has 4 N–H and O–H groups in total. The number of rotatable bonds is 5. The quantitative estimate of drug-likeness (QED) is 0.435. The van der Waals surface area contributed by atoms with Crippen molar-refractivity contribution in [2.45, 2.75) is 31.2 Å². The number of hydrogen-bond acceptors (Lipinski definition) is 7. The van der Waals surface area contributed by atoms with Crippen LogP contribution in [0.1, 0.15) is 18.0 Å². The van der Waals surface area contributed by atoms with Gasteiger partial charge in [-0.3, -0.25) is 4.79 Å². The third-order valence-corrected chi connectivity index (χ3v) is 6.56. The van der Waals surface area contributed by atoms with Crippen LogP contribution < -0.4 is 10.6 Å². The van der Waals surface area contributed by atoms with Gasteiger partial charge in [-0.15, -0.1) is 0 Å². The predicted molar refractivity (Wildman–Crippen MR) is 110 cm³/mol. The Hall–Kier alpha value is -2.82. The van der Waals surface area contributed by atoms with E-state index in [1.165, 1.54) is 25.5 Å². The number of aliphatic hydroxyl groups excluding tert-OH is 2. The molecule has 0 spiro atoms. The van der Waals surface area contributed by atoms with Gasteiger partial charge in [0.05, 0.1) is 23.9 Å². The van der Waals surface area contributed by atoms with Gasteiger partial charge in [-0.1, -0.05) is 12.1 Å². The Morgan fingerprint density at radius 1 is 1.39 bits per heavy atom. The van der Waals surface area contributed by atoms with Gasteiger partial charge in [-0.25, -0.2) is 9.37 Å². The van der Waals surface area contributed by atoms with E-state index < -0.39 is 23.7 Å². The fourth-order valence-electron chi connectivity index (χ4n) is 4.85. The normalized spacial score (nSPS) is 29.1. The zero-order chi connectivity index (χ0) is 21.9. The topological polar surface area (TPSA) is 125 Å². The first kappa shape index (κ1) is 20.1. The number of amides is 1. The molecule has 0 radical (unpaired) electrons. The summed E-state index contributed by atoms with van der Waals surface area (Å²) in [6, 6.07) is 5.58. The molecule has 31 heavy (non-hydrogen) atoms. The van der Waals surface area contributed by atoms with Gasteiger partial charge in [0, 0.05) is 19.5 Å². The first-order chi connectivity index (χ1) is 14.9. The van der Waals surface area contributed by atoms with Gasteiger partial charge in [0.15, 0.2) is 17.0 Å². The van der Waals surface area contributed by atoms with Crippen LogP contribution in [0.2, 0.25) is 5.28 Å².